The molecule has 0 spiro atoms. The summed E-state index contributed by atoms with van der Waals surface area (Å²) < 4.78 is 0. The van der Waals surface area contributed by atoms with Crippen LogP contribution in [0.4, 0.5) is 11.8 Å². The molecule has 0 aromatic carbocycles. The first-order valence-electron chi connectivity index (χ1n) is 4.87. The zero-order valence-corrected chi connectivity index (χ0v) is 8.78. The Kier molecular flexibility index (Phi) is 2.40. The summed E-state index contributed by atoms with van der Waals surface area (Å²) in [5, 5.41) is 10.5. The quantitative estimate of drug-likeness (QED) is 0.696. The van der Waals surface area contributed by atoms with Crippen LogP contribution >= 0.6 is 0 Å². The fraction of sp³-hybridized carbons (Fsp3) is 0.444. The Bertz CT molecular complexity index is 461. The molecule has 0 saturated carbocycles. The Morgan fingerprint density at radius 1 is 1.47 bits per heavy atom. The van der Waals surface area contributed by atoms with E-state index >= 15 is 0 Å². The summed E-state index contributed by atoms with van der Waals surface area (Å²) in [7, 11) is 0. The highest BCUT2D eigenvalue weighted by Crippen LogP contribution is 2.16. The Hall–Kier alpha value is -1.85. The zero-order chi connectivity index (χ0) is 10.8. The summed E-state index contributed by atoms with van der Waals surface area (Å²) in [4.78, 5) is 8.39. The molecule has 0 aliphatic carbocycles. The van der Waals surface area contributed by atoms with E-state index in [9.17, 15) is 0 Å². The van der Waals surface area contributed by atoms with E-state index in [0.29, 0.717) is 23.3 Å². The van der Waals surface area contributed by atoms with Gasteiger partial charge in [0, 0.05) is 6.54 Å². The third-order valence-electron chi connectivity index (χ3n) is 2.01. The van der Waals surface area contributed by atoms with Crippen LogP contribution in [0.2, 0.25) is 0 Å². The van der Waals surface area contributed by atoms with Crippen LogP contribution in [0.1, 0.15) is 13.8 Å². The molecule has 15 heavy (non-hydrogen) atoms. The molecule has 2 rings (SSSR count). The van der Waals surface area contributed by atoms with E-state index in [1.54, 1.807) is 6.20 Å². The number of hydrogen-bond acceptors (Lipinski definition) is 5. The van der Waals surface area contributed by atoms with Crippen molar-refractivity contribution in [2.45, 2.75) is 13.8 Å². The molecule has 0 atom stereocenters. The molecule has 6 nitrogen and oxygen atoms in total. The maximum absolute atomic E-state index is 5.76. The van der Waals surface area contributed by atoms with Gasteiger partial charge >= 0.3 is 0 Å². The van der Waals surface area contributed by atoms with E-state index < -0.39 is 0 Å². The highest BCUT2D eigenvalue weighted by Gasteiger charge is 2.06. The number of nitrogens with two attached hydrogens (primary N) is 1. The zero-order valence-electron chi connectivity index (χ0n) is 8.78. The lowest BCUT2D eigenvalue weighted by Gasteiger charge is -2.07. The van der Waals surface area contributed by atoms with Gasteiger partial charge in [-0.3, -0.25) is 5.10 Å². The van der Waals surface area contributed by atoms with Crippen LogP contribution in [0.5, 0.6) is 0 Å². The van der Waals surface area contributed by atoms with E-state index in [1.807, 2.05) is 0 Å². The van der Waals surface area contributed by atoms with Crippen molar-refractivity contribution in [3.63, 3.8) is 0 Å². The minimum absolute atomic E-state index is 0.444. The average Bonchev–Trinajstić information content (AvgIpc) is 2.63. The highest BCUT2D eigenvalue weighted by atomic mass is 15.2. The van der Waals surface area contributed by atoms with Crippen LogP contribution in [-0.2, 0) is 0 Å². The van der Waals surface area contributed by atoms with E-state index in [4.69, 9.17) is 5.73 Å². The first kappa shape index (κ1) is 9.70. The first-order chi connectivity index (χ1) is 7.16. The number of nitrogens with zero attached hydrogens (tertiary/aromatic N) is 3. The van der Waals surface area contributed by atoms with Crippen molar-refractivity contribution >= 4 is 22.8 Å². The summed E-state index contributed by atoms with van der Waals surface area (Å²) in [6.45, 7) is 5.05. The summed E-state index contributed by atoms with van der Waals surface area (Å²) in [6.07, 6.45) is 1.62. The number of nitrogen functional groups attached to an aromatic ring is 1. The van der Waals surface area contributed by atoms with Gasteiger partial charge in [-0.25, -0.2) is 0 Å². The van der Waals surface area contributed by atoms with Gasteiger partial charge < -0.3 is 11.1 Å². The lowest BCUT2D eigenvalue weighted by atomic mass is 10.2. The number of hydrogen-bond donors (Lipinski definition) is 3. The Balaban J connectivity index is 2.28. The minimum Gasteiger partial charge on any atom is -0.383 e. The molecule has 2 aromatic rings. The molecular weight excluding hydrogens is 192 g/mol. The maximum Gasteiger partial charge on any atom is 0.226 e. The van der Waals surface area contributed by atoms with Crippen molar-refractivity contribution in [3.05, 3.63) is 6.20 Å². The van der Waals surface area contributed by atoms with Crippen molar-refractivity contribution in [2.24, 2.45) is 5.92 Å². The second-order valence-corrected chi connectivity index (χ2v) is 3.84. The van der Waals surface area contributed by atoms with Gasteiger partial charge in [0.25, 0.3) is 0 Å². The molecule has 0 saturated heterocycles. The molecular formula is C9H14N6. The topological polar surface area (TPSA) is 92.5 Å². The van der Waals surface area contributed by atoms with Gasteiger partial charge in [0.05, 0.1) is 11.6 Å². The van der Waals surface area contributed by atoms with E-state index in [-0.39, 0.29) is 0 Å². The van der Waals surface area contributed by atoms with Crippen LogP contribution in [0.3, 0.4) is 0 Å². The number of fused-ring (bicyclic) bond motifs is 1. The van der Waals surface area contributed by atoms with Crippen molar-refractivity contribution in [1.29, 1.82) is 0 Å². The summed E-state index contributed by atoms with van der Waals surface area (Å²) in [6, 6.07) is 0. The molecule has 4 N–H and O–H groups in total. The number of aromatic nitrogens is 4. The fourth-order valence-electron chi connectivity index (χ4n) is 1.23. The number of H-pyrrole nitrogens is 1. The predicted octanol–water partition coefficient (Wildman–Crippen LogP) is 1.00. The van der Waals surface area contributed by atoms with Crippen LogP contribution in [0.15, 0.2) is 6.20 Å². The predicted molar refractivity (Wildman–Crippen MR) is 59.4 cm³/mol. The number of rotatable bonds is 3. The molecule has 2 heterocycles. The van der Waals surface area contributed by atoms with E-state index in [2.05, 4.69) is 39.3 Å². The number of aromatic amines is 1. The molecule has 80 valence electrons. The number of nitrogens with one attached hydrogen (secondary N) is 2. The minimum atomic E-state index is 0.444. The third-order valence-corrected chi connectivity index (χ3v) is 2.01. The lowest BCUT2D eigenvalue weighted by molar-refractivity contribution is 0.685. The Labute approximate surface area is 87.3 Å². The molecule has 0 bridgehead atoms. The smallest absolute Gasteiger partial charge is 0.226 e. The maximum atomic E-state index is 5.76. The van der Waals surface area contributed by atoms with Crippen LogP contribution in [0.25, 0.3) is 11.0 Å². The highest BCUT2D eigenvalue weighted by molar-refractivity contribution is 5.85. The van der Waals surface area contributed by atoms with Crippen LogP contribution < -0.4 is 11.1 Å². The summed E-state index contributed by atoms with van der Waals surface area (Å²) in [5.74, 6) is 1.52. The molecule has 0 aliphatic heterocycles. The largest absolute Gasteiger partial charge is 0.383 e. The Morgan fingerprint density at radius 3 is 3.00 bits per heavy atom. The second-order valence-electron chi connectivity index (χ2n) is 3.84. The lowest BCUT2D eigenvalue weighted by Crippen LogP contribution is -2.11. The molecule has 6 heteroatoms. The van der Waals surface area contributed by atoms with Crippen LogP contribution in [0, 0.1) is 5.92 Å². The van der Waals surface area contributed by atoms with Gasteiger partial charge in [-0.05, 0) is 5.92 Å². The van der Waals surface area contributed by atoms with Gasteiger partial charge in [0.2, 0.25) is 5.95 Å². The Morgan fingerprint density at radius 2 is 2.27 bits per heavy atom. The van der Waals surface area contributed by atoms with Crippen molar-refractivity contribution in [1.82, 2.24) is 20.2 Å². The third kappa shape index (κ3) is 1.98. The molecule has 2 aromatic heterocycles. The van der Waals surface area contributed by atoms with Gasteiger partial charge in [0.15, 0.2) is 5.65 Å². The van der Waals surface area contributed by atoms with Gasteiger partial charge in [-0.1, -0.05) is 13.8 Å². The molecule has 0 aliphatic rings. The monoisotopic (exact) mass is 206 g/mol. The van der Waals surface area contributed by atoms with Crippen molar-refractivity contribution in [3.8, 4) is 0 Å². The fourth-order valence-corrected chi connectivity index (χ4v) is 1.23. The second kappa shape index (κ2) is 3.72. The van der Waals surface area contributed by atoms with Crippen LogP contribution in [-0.4, -0.2) is 26.7 Å². The molecule has 0 amide bonds. The van der Waals surface area contributed by atoms with Gasteiger partial charge in [0.1, 0.15) is 5.82 Å². The molecule has 0 fully saturated rings. The molecule has 0 radical (unpaired) electrons. The summed E-state index contributed by atoms with van der Waals surface area (Å²) in [5.41, 5.74) is 6.42. The number of anilines is 2. The van der Waals surface area contributed by atoms with Gasteiger partial charge in [-0.2, -0.15) is 15.1 Å². The van der Waals surface area contributed by atoms with Crippen molar-refractivity contribution < 1.29 is 0 Å². The standard InChI is InChI=1S/C9H14N6/c1-5(2)3-11-9-13-7(10)6-4-12-15-8(6)14-9/h4-5H,3H2,1-2H3,(H4,10,11,12,13,14,15). The van der Waals surface area contributed by atoms with E-state index in [1.165, 1.54) is 0 Å². The molecule has 0 unspecified atom stereocenters. The van der Waals surface area contributed by atoms with Crippen molar-refractivity contribution in [2.75, 3.05) is 17.6 Å². The summed E-state index contributed by atoms with van der Waals surface area (Å²) >= 11 is 0. The van der Waals surface area contributed by atoms with E-state index in [0.717, 1.165) is 11.9 Å². The first-order valence-corrected chi connectivity index (χ1v) is 4.87. The SMILES string of the molecule is CC(C)CNc1nc(N)c2cn[nH]c2n1. The average molecular weight is 206 g/mol. The van der Waals surface area contributed by atoms with Gasteiger partial charge in [-0.15, -0.1) is 0 Å². The normalized spacial score (nSPS) is 11.1.